The summed E-state index contributed by atoms with van der Waals surface area (Å²) < 4.78 is 5.72. The van der Waals surface area contributed by atoms with Gasteiger partial charge in [-0.25, -0.2) is 0 Å². The zero-order chi connectivity index (χ0) is 13.8. The molecule has 0 spiro atoms. The van der Waals surface area contributed by atoms with E-state index in [1.54, 1.807) is 19.1 Å². The topological polar surface area (TPSA) is 55.6 Å². The van der Waals surface area contributed by atoms with Gasteiger partial charge in [0.05, 0.1) is 5.56 Å². The van der Waals surface area contributed by atoms with Gasteiger partial charge in [0, 0.05) is 13.1 Å². The average Bonchev–Trinajstić information content (AvgIpc) is 2.92. The monoisotopic (exact) mass is 278 g/mol. The minimum atomic E-state index is -0.520. The maximum atomic E-state index is 12.2. The highest BCUT2D eigenvalue weighted by Gasteiger charge is 2.25. The summed E-state index contributed by atoms with van der Waals surface area (Å²) in [7, 11) is 0. The van der Waals surface area contributed by atoms with Crippen molar-refractivity contribution in [1.29, 1.82) is 0 Å². The van der Waals surface area contributed by atoms with Crippen LogP contribution in [0.25, 0.3) is 0 Å². The van der Waals surface area contributed by atoms with Crippen LogP contribution in [0.4, 0.5) is 0 Å². The van der Waals surface area contributed by atoms with Gasteiger partial charge in [-0.1, -0.05) is 24.4 Å². The van der Waals surface area contributed by atoms with Gasteiger partial charge in [0.2, 0.25) is 0 Å². The molecule has 1 aromatic carbocycles. The van der Waals surface area contributed by atoms with Crippen molar-refractivity contribution in [2.24, 2.45) is 5.73 Å². The van der Waals surface area contributed by atoms with Gasteiger partial charge >= 0.3 is 0 Å². The Morgan fingerprint density at radius 1 is 1.37 bits per heavy atom. The average molecular weight is 278 g/mol. The van der Waals surface area contributed by atoms with Crippen molar-refractivity contribution in [3.05, 3.63) is 29.8 Å². The minimum absolute atomic E-state index is 0.0234. The first-order chi connectivity index (χ1) is 9.09. The summed E-state index contributed by atoms with van der Waals surface area (Å²) >= 11 is 4.98. The Labute approximate surface area is 118 Å². The van der Waals surface area contributed by atoms with E-state index in [1.165, 1.54) is 0 Å². The van der Waals surface area contributed by atoms with E-state index < -0.39 is 6.10 Å². The first kappa shape index (κ1) is 13.8. The van der Waals surface area contributed by atoms with E-state index in [4.69, 9.17) is 22.7 Å². The summed E-state index contributed by atoms with van der Waals surface area (Å²) in [5, 5.41) is 0. The summed E-state index contributed by atoms with van der Waals surface area (Å²) in [5.41, 5.74) is 6.31. The van der Waals surface area contributed by atoms with Gasteiger partial charge in [0.15, 0.2) is 6.10 Å². The van der Waals surface area contributed by atoms with Crippen LogP contribution < -0.4 is 10.5 Å². The quantitative estimate of drug-likeness (QED) is 0.852. The number of hydrogen-bond acceptors (Lipinski definition) is 3. The zero-order valence-electron chi connectivity index (χ0n) is 11.0. The predicted octanol–water partition coefficient (Wildman–Crippen LogP) is 1.71. The number of carbonyl (C=O) groups is 1. The third-order valence-corrected chi connectivity index (χ3v) is 3.44. The SMILES string of the molecule is CC(Oc1ccccc1C(N)=S)C(=O)N1CCCC1. The lowest BCUT2D eigenvalue weighted by Crippen LogP contribution is -2.38. The number of thiocarbonyl (C=S) groups is 1. The highest BCUT2D eigenvalue weighted by atomic mass is 32.1. The fraction of sp³-hybridized carbons (Fsp3) is 0.429. The Bertz CT molecular complexity index is 484. The molecular formula is C14H18N2O2S. The number of nitrogens with two attached hydrogens (primary N) is 1. The number of amides is 1. The predicted molar refractivity (Wildman–Crippen MR) is 78.2 cm³/mol. The van der Waals surface area contributed by atoms with Crippen molar-refractivity contribution >= 4 is 23.1 Å². The first-order valence-corrected chi connectivity index (χ1v) is 6.84. The Hall–Kier alpha value is -1.62. The molecule has 0 aliphatic carbocycles. The van der Waals surface area contributed by atoms with E-state index in [0.29, 0.717) is 11.3 Å². The molecule has 0 radical (unpaired) electrons. The number of rotatable bonds is 4. The maximum absolute atomic E-state index is 12.2. The van der Waals surface area contributed by atoms with Crippen LogP contribution in [0.3, 0.4) is 0 Å². The second kappa shape index (κ2) is 6.02. The molecule has 1 aliphatic rings. The first-order valence-electron chi connectivity index (χ1n) is 6.44. The molecule has 1 atom stereocenters. The highest BCUT2D eigenvalue weighted by molar-refractivity contribution is 7.80. The van der Waals surface area contributed by atoms with Gasteiger partial charge < -0.3 is 15.4 Å². The summed E-state index contributed by atoms with van der Waals surface area (Å²) in [5.74, 6) is 0.588. The molecule has 1 amide bonds. The molecule has 2 rings (SSSR count). The molecule has 2 N–H and O–H groups in total. The van der Waals surface area contributed by atoms with Crippen LogP contribution in [-0.2, 0) is 4.79 Å². The third kappa shape index (κ3) is 3.23. The molecule has 19 heavy (non-hydrogen) atoms. The van der Waals surface area contributed by atoms with E-state index in [9.17, 15) is 4.79 Å². The van der Waals surface area contributed by atoms with Crippen LogP contribution in [0.5, 0.6) is 5.75 Å². The highest BCUT2D eigenvalue weighted by Crippen LogP contribution is 2.20. The fourth-order valence-corrected chi connectivity index (χ4v) is 2.38. The van der Waals surface area contributed by atoms with Gasteiger partial charge in [-0.3, -0.25) is 4.79 Å². The molecule has 1 aliphatic heterocycles. The minimum Gasteiger partial charge on any atom is -0.480 e. The number of para-hydroxylation sites is 1. The van der Waals surface area contributed by atoms with Gasteiger partial charge in [-0.05, 0) is 31.9 Å². The van der Waals surface area contributed by atoms with Crippen molar-refractivity contribution in [1.82, 2.24) is 4.90 Å². The van der Waals surface area contributed by atoms with E-state index in [1.807, 2.05) is 17.0 Å². The smallest absolute Gasteiger partial charge is 0.263 e. The Morgan fingerprint density at radius 2 is 2.00 bits per heavy atom. The molecule has 1 fully saturated rings. The summed E-state index contributed by atoms with van der Waals surface area (Å²) in [6.45, 7) is 3.41. The molecular weight excluding hydrogens is 260 g/mol. The number of carbonyl (C=O) groups excluding carboxylic acids is 1. The number of likely N-dealkylation sites (tertiary alicyclic amines) is 1. The molecule has 1 aromatic rings. The van der Waals surface area contributed by atoms with Crippen molar-refractivity contribution in [3.8, 4) is 5.75 Å². The van der Waals surface area contributed by atoms with E-state index in [2.05, 4.69) is 0 Å². The summed E-state index contributed by atoms with van der Waals surface area (Å²) in [4.78, 5) is 14.3. The summed E-state index contributed by atoms with van der Waals surface area (Å²) in [6, 6.07) is 7.26. The standard InChI is InChI=1S/C14H18N2O2S/c1-10(14(17)16-8-4-5-9-16)18-12-7-3-2-6-11(12)13(15)19/h2-3,6-7,10H,4-5,8-9H2,1H3,(H2,15,19). The lowest BCUT2D eigenvalue weighted by atomic mass is 10.2. The Kier molecular flexibility index (Phi) is 4.37. The molecule has 1 unspecified atom stereocenters. The zero-order valence-corrected chi connectivity index (χ0v) is 11.8. The normalized spacial score (nSPS) is 16.2. The molecule has 0 bridgehead atoms. The molecule has 4 nitrogen and oxygen atoms in total. The Morgan fingerprint density at radius 3 is 2.63 bits per heavy atom. The van der Waals surface area contributed by atoms with E-state index in [0.717, 1.165) is 25.9 Å². The van der Waals surface area contributed by atoms with Crippen molar-refractivity contribution in [2.45, 2.75) is 25.9 Å². The van der Waals surface area contributed by atoms with E-state index >= 15 is 0 Å². The molecule has 102 valence electrons. The molecule has 0 aromatic heterocycles. The van der Waals surface area contributed by atoms with Crippen LogP contribution in [0.1, 0.15) is 25.3 Å². The van der Waals surface area contributed by atoms with Crippen LogP contribution in [0.2, 0.25) is 0 Å². The lowest BCUT2D eigenvalue weighted by molar-refractivity contribution is -0.136. The number of benzene rings is 1. The van der Waals surface area contributed by atoms with Gasteiger partial charge in [-0.15, -0.1) is 0 Å². The maximum Gasteiger partial charge on any atom is 0.263 e. The number of nitrogens with zero attached hydrogens (tertiary/aromatic N) is 1. The van der Waals surface area contributed by atoms with Crippen molar-refractivity contribution in [3.63, 3.8) is 0 Å². The lowest BCUT2D eigenvalue weighted by Gasteiger charge is -2.22. The van der Waals surface area contributed by atoms with Gasteiger partial charge in [0.1, 0.15) is 10.7 Å². The number of hydrogen-bond donors (Lipinski definition) is 1. The second-order valence-electron chi connectivity index (χ2n) is 4.65. The largest absolute Gasteiger partial charge is 0.480 e. The van der Waals surface area contributed by atoms with E-state index in [-0.39, 0.29) is 10.9 Å². The van der Waals surface area contributed by atoms with Crippen LogP contribution in [-0.4, -0.2) is 35.0 Å². The number of ether oxygens (including phenoxy) is 1. The van der Waals surface area contributed by atoms with Crippen molar-refractivity contribution in [2.75, 3.05) is 13.1 Å². The van der Waals surface area contributed by atoms with Gasteiger partial charge in [0.25, 0.3) is 5.91 Å². The molecule has 1 saturated heterocycles. The van der Waals surface area contributed by atoms with Crippen LogP contribution in [0.15, 0.2) is 24.3 Å². The Balaban J connectivity index is 2.08. The fourth-order valence-electron chi connectivity index (χ4n) is 2.21. The molecule has 0 saturated carbocycles. The van der Waals surface area contributed by atoms with Gasteiger partial charge in [-0.2, -0.15) is 0 Å². The van der Waals surface area contributed by atoms with Crippen LogP contribution >= 0.6 is 12.2 Å². The van der Waals surface area contributed by atoms with Crippen molar-refractivity contribution < 1.29 is 9.53 Å². The second-order valence-corrected chi connectivity index (χ2v) is 5.09. The molecule has 5 heteroatoms. The molecule has 1 heterocycles. The third-order valence-electron chi connectivity index (χ3n) is 3.22. The summed E-state index contributed by atoms with van der Waals surface area (Å²) in [6.07, 6.45) is 1.62. The van der Waals surface area contributed by atoms with Crippen LogP contribution in [0, 0.1) is 0 Å².